The molecule has 1 N–H and O–H groups in total. The number of hydrogen-bond acceptors (Lipinski definition) is 2. The first-order chi connectivity index (χ1) is 9.13. The Morgan fingerprint density at radius 3 is 2.68 bits per heavy atom. The summed E-state index contributed by atoms with van der Waals surface area (Å²) < 4.78 is 0. The standard InChI is InChI=1S/C17H24N2/c1-14(2)11-17(8-3-4-9-17)13-19-16-7-5-6-15(10-16)12-18/h5-7,10,14,19H,3-4,8-9,11,13H2,1-2H3. The first kappa shape index (κ1) is 13.9. The normalized spacial score (nSPS) is 17.4. The topological polar surface area (TPSA) is 35.8 Å². The van der Waals surface area contributed by atoms with Crippen molar-refractivity contribution in [1.82, 2.24) is 0 Å². The van der Waals surface area contributed by atoms with Crippen molar-refractivity contribution in [2.45, 2.75) is 46.0 Å². The molecule has 2 heteroatoms. The summed E-state index contributed by atoms with van der Waals surface area (Å²) in [5, 5.41) is 12.5. The van der Waals surface area contributed by atoms with Crippen molar-refractivity contribution in [3.05, 3.63) is 29.8 Å². The third-order valence-corrected chi connectivity index (χ3v) is 4.16. The number of nitrogens with one attached hydrogen (secondary N) is 1. The Morgan fingerprint density at radius 2 is 2.05 bits per heavy atom. The van der Waals surface area contributed by atoms with Crippen LogP contribution < -0.4 is 5.32 Å². The van der Waals surface area contributed by atoms with Crippen LogP contribution >= 0.6 is 0 Å². The minimum Gasteiger partial charge on any atom is -0.384 e. The van der Waals surface area contributed by atoms with Gasteiger partial charge in [-0.3, -0.25) is 0 Å². The van der Waals surface area contributed by atoms with E-state index in [0.717, 1.165) is 23.7 Å². The molecule has 1 aromatic carbocycles. The van der Waals surface area contributed by atoms with Gasteiger partial charge in [-0.1, -0.05) is 32.8 Å². The molecule has 0 bridgehead atoms. The van der Waals surface area contributed by atoms with Crippen molar-refractivity contribution in [2.75, 3.05) is 11.9 Å². The van der Waals surface area contributed by atoms with E-state index in [1.54, 1.807) is 0 Å². The minimum absolute atomic E-state index is 0.469. The lowest BCUT2D eigenvalue weighted by atomic mass is 9.78. The van der Waals surface area contributed by atoms with E-state index in [4.69, 9.17) is 5.26 Å². The molecule has 1 aliphatic carbocycles. The molecule has 0 heterocycles. The fourth-order valence-corrected chi connectivity index (χ4v) is 3.43. The van der Waals surface area contributed by atoms with Crippen LogP contribution in [0.1, 0.15) is 51.5 Å². The monoisotopic (exact) mass is 256 g/mol. The molecule has 1 saturated carbocycles. The van der Waals surface area contributed by atoms with Gasteiger partial charge in [-0.2, -0.15) is 5.26 Å². The smallest absolute Gasteiger partial charge is 0.0992 e. The molecule has 1 aromatic rings. The number of hydrogen-bond donors (Lipinski definition) is 1. The maximum absolute atomic E-state index is 8.93. The van der Waals surface area contributed by atoms with Gasteiger partial charge in [-0.25, -0.2) is 0 Å². The number of benzene rings is 1. The summed E-state index contributed by atoms with van der Waals surface area (Å²) in [6.07, 6.45) is 6.73. The second kappa shape index (κ2) is 6.10. The zero-order valence-electron chi connectivity index (χ0n) is 12.1. The first-order valence-corrected chi connectivity index (χ1v) is 7.38. The number of nitriles is 1. The Hall–Kier alpha value is -1.49. The van der Waals surface area contributed by atoms with Crippen molar-refractivity contribution in [2.24, 2.45) is 11.3 Å². The van der Waals surface area contributed by atoms with Crippen molar-refractivity contribution >= 4 is 5.69 Å². The molecule has 0 unspecified atom stereocenters. The van der Waals surface area contributed by atoms with E-state index >= 15 is 0 Å². The third kappa shape index (κ3) is 3.73. The van der Waals surface area contributed by atoms with Crippen LogP contribution in [-0.4, -0.2) is 6.54 Å². The fraction of sp³-hybridized carbons (Fsp3) is 0.588. The van der Waals surface area contributed by atoms with Crippen molar-refractivity contribution in [1.29, 1.82) is 5.26 Å². The lowest BCUT2D eigenvalue weighted by Crippen LogP contribution is -2.28. The van der Waals surface area contributed by atoms with Gasteiger partial charge in [0.15, 0.2) is 0 Å². The summed E-state index contributed by atoms with van der Waals surface area (Å²) >= 11 is 0. The predicted molar refractivity (Wildman–Crippen MR) is 80.0 cm³/mol. The van der Waals surface area contributed by atoms with E-state index in [-0.39, 0.29) is 0 Å². The molecule has 0 spiro atoms. The molecule has 0 aliphatic heterocycles. The summed E-state index contributed by atoms with van der Waals surface area (Å²) in [4.78, 5) is 0. The van der Waals surface area contributed by atoms with Gasteiger partial charge in [0.1, 0.15) is 0 Å². The molecular weight excluding hydrogens is 232 g/mol. The van der Waals surface area contributed by atoms with Crippen molar-refractivity contribution in [3.8, 4) is 6.07 Å². The predicted octanol–water partition coefficient (Wildman–Crippen LogP) is 4.58. The highest BCUT2D eigenvalue weighted by atomic mass is 14.9. The third-order valence-electron chi connectivity index (χ3n) is 4.16. The summed E-state index contributed by atoms with van der Waals surface area (Å²) in [6, 6.07) is 9.99. The molecule has 2 rings (SSSR count). The van der Waals surface area contributed by atoms with Gasteiger partial charge < -0.3 is 5.32 Å². The molecular formula is C17H24N2. The Bertz CT molecular complexity index is 451. The summed E-state index contributed by atoms with van der Waals surface area (Å²) in [6.45, 7) is 5.67. The highest BCUT2D eigenvalue weighted by Crippen LogP contribution is 2.43. The Balaban J connectivity index is 2.00. The number of anilines is 1. The lowest BCUT2D eigenvalue weighted by molar-refractivity contribution is 0.252. The Labute approximate surface area is 116 Å². The van der Waals surface area contributed by atoms with Gasteiger partial charge in [-0.15, -0.1) is 0 Å². The van der Waals surface area contributed by atoms with Crippen LogP contribution in [0.5, 0.6) is 0 Å². The molecule has 0 radical (unpaired) electrons. The van der Waals surface area contributed by atoms with Crippen LogP contribution in [0, 0.1) is 22.7 Å². The maximum atomic E-state index is 8.93. The molecule has 102 valence electrons. The van der Waals surface area contributed by atoms with Gasteiger partial charge in [-0.05, 0) is 48.8 Å². The van der Waals surface area contributed by atoms with E-state index in [2.05, 4.69) is 31.3 Å². The van der Waals surface area contributed by atoms with Crippen LogP contribution in [0.3, 0.4) is 0 Å². The average molecular weight is 256 g/mol. The zero-order valence-corrected chi connectivity index (χ0v) is 12.1. The highest BCUT2D eigenvalue weighted by molar-refractivity contribution is 5.49. The van der Waals surface area contributed by atoms with E-state index in [0.29, 0.717) is 5.41 Å². The second-order valence-corrected chi connectivity index (χ2v) is 6.35. The average Bonchev–Trinajstić information content (AvgIpc) is 2.85. The fourth-order valence-electron chi connectivity index (χ4n) is 3.43. The molecule has 0 saturated heterocycles. The molecule has 1 aliphatic rings. The SMILES string of the molecule is CC(C)CC1(CNc2cccc(C#N)c2)CCCC1. The van der Waals surface area contributed by atoms with Gasteiger partial charge in [0.25, 0.3) is 0 Å². The first-order valence-electron chi connectivity index (χ1n) is 7.38. The van der Waals surface area contributed by atoms with Crippen LogP contribution in [0.2, 0.25) is 0 Å². The molecule has 0 atom stereocenters. The van der Waals surface area contributed by atoms with Gasteiger partial charge in [0, 0.05) is 12.2 Å². The Kier molecular flexibility index (Phi) is 4.47. The second-order valence-electron chi connectivity index (χ2n) is 6.35. The molecule has 1 fully saturated rings. The maximum Gasteiger partial charge on any atom is 0.0992 e. The van der Waals surface area contributed by atoms with Gasteiger partial charge in [0.05, 0.1) is 11.6 Å². The van der Waals surface area contributed by atoms with Crippen LogP contribution in [-0.2, 0) is 0 Å². The molecule has 0 amide bonds. The lowest BCUT2D eigenvalue weighted by Gasteiger charge is -2.31. The summed E-state index contributed by atoms with van der Waals surface area (Å²) in [5.41, 5.74) is 2.28. The molecule has 2 nitrogen and oxygen atoms in total. The largest absolute Gasteiger partial charge is 0.384 e. The highest BCUT2D eigenvalue weighted by Gasteiger charge is 2.34. The minimum atomic E-state index is 0.469. The van der Waals surface area contributed by atoms with Crippen molar-refractivity contribution < 1.29 is 0 Å². The van der Waals surface area contributed by atoms with E-state index < -0.39 is 0 Å². The number of nitrogens with zero attached hydrogens (tertiary/aromatic N) is 1. The van der Waals surface area contributed by atoms with Crippen LogP contribution in [0.4, 0.5) is 5.69 Å². The van der Waals surface area contributed by atoms with E-state index in [1.807, 2.05) is 18.2 Å². The van der Waals surface area contributed by atoms with Crippen LogP contribution in [0.25, 0.3) is 0 Å². The summed E-state index contributed by atoms with van der Waals surface area (Å²) in [5.74, 6) is 0.755. The number of rotatable bonds is 5. The molecule has 0 aromatic heterocycles. The van der Waals surface area contributed by atoms with Crippen molar-refractivity contribution in [3.63, 3.8) is 0 Å². The summed E-state index contributed by atoms with van der Waals surface area (Å²) in [7, 11) is 0. The van der Waals surface area contributed by atoms with E-state index in [9.17, 15) is 0 Å². The Morgan fingerprint density at radius 1 is 1.32 bits per heavy atom. The van der Waals surface area contributed by atoms with E-state index in [1.165, 1.54) is 32.1 Å². The molecule has 19 heavy (non-hydrogen) atoms. The van der Waals surface area contributed by atoms with Crippen LogP contribution in [0.15, 0.2) is 24.3 Å². The zero-order chi connectivity index (χ0) is 13.7. The van der Waals surface area contributed by atoms with Gasteiger partial charge >= 0.3 is 0 Å². The van der Waals surface area contributed by atoms with Gasteiger partial charge in [0.2, 0.25) is 0 Å². The quantitative estimate of drug-likeness (QED) is 0.837.